The normalized spacial score (nSPS) is 18.5. The molecule has 0 aromatic heterocycles. The first-order valence-electron chi connectivity index (χ1n) is 5.00. The van der Waals surface area contributed by atoms with E-state index in [1.54, 1.807) is 4.90 Å². The minimum atomic E-state index is -0.285. The number of nitrogens with two attached hydrogens (primary N) is 1. The Balaban J connectivity index is 2.12. The maximum atomic E-state index is 10.8. The standard InChI is InChI=1S/C9H19N3OS/c1-14-7-4-11-8-2-5-12(6-3-8)9(10)13/h8,11H,2-7H2,1H3,(H2,10,13). The summed E-state index contributed by atoms with van der Waals surface area (Å²) >= 11 is 1.85. The zero-order chi connectivity index (χ0) is 10.4. The molecule has 4 nitrogen and oxygen atoms in total. The van der Waals surface area contributed by atoms with Crippen LogP contribution in [-0.4, -0.2) is 48.6 Å². The Bertz CT molecular complexity index is 181. The summed E-state index contributed by atoms with van der Waals surface area (Å²) in [5, 5.41) is 3.48. The van der Waals surface area contributed by atoms with Gasteiger partial charge in [-0.2, -0.15) is 11.8 Å². The van der Waals surface area contributed by atoms with E-state index in [1.807, 2.05) is 11.8 Å². The van der Waals surface area contributed by atoms with Gasteiger partial charge in [-0.25, -0.2) is 4.79 Å². The number of likely N-dealkylation sites (tertiary alicyclic amines) is 1. The summed E-state index contributed by atoms with van der Waals surface area (Å²) in [5.41, 5.74) is 5.20. The minimum Gasteiger partial charge on any atom is -0.351 e. The van der Waals surface area contributed by atoms with Gasteiger partial charge in [-0.15, -0.1) is 0 Å². The van der Waals surface area contributed by atoms with Crippen molar-refractivity contribution >= 4 is 17.8 Å². The van der Waals surface area contributed by atoms with Gasteiger partial charge in [-0.1, -0.05) is 0 Å². The second kappa shape index (κ2) is 6.14. The number of primary amides is 1. The van der Waals surface area contributed by atoms with Gasteiger partial charge in [0.05, 0.1) is 0 Å². The molecule has 0 aliphatic carbocycles. The first-order chi connectivity index (χ1) is 6.74. The van der Waals surface area contributed by atoms with Gasteiger partial charge < -0.3 is 16.0 Å². The third-order valence-corrected chi connectivity index (χ3v) is 3.16. The molecule has 0 aromatic rings. The van der Waals surface area contributed by atoms with Crippen molar-refractivity contribution < 1.29 is 4.79 Å². The Morgan fingerprint density at radius 1 is 1.57 bits per heavy atom. The van der Waals surface area contributed by atoms with Crippen molar-refractivity contribution in [1.29, 1.82) is 0 Å². The Labute approximate surface area is 89.6 Å². The van der Waals surface area contributed by atoms with Crippen LogP contribution in [0.2, 0.25) is 0 Å². The Morgan fingerprint density at radius 2 is 2.21 bits per heavy atom. The highest BCUT2D eigenvalue weighted by atomic mass is 32.2. The van der Waals surface area contributed by atoms with Crippen LogP contribution in [0.1, 0.15) is 12.8 Å². The van der Waals surface area contributed by atoms with E-state index in [1.165, 1.54) is 0 Å². The molecule has 82 valence electrons. The average Bonchev–Trinajstić information content (AvgIpc) is 2.19. The van der Waals surface area contributed by atoms with Gasteiger partial charge in [0.2, 0.25) is 0 Å². The number of amides is 2. The fraction of sp³-hybridized carbons (Fsp3) is 0.889. The Morgan fingerprint density at radius 3 is 2.71 bits per heavy atom. The molecule has 5 heteroatoms. The molecule has 1 saturated heterocycles. The van der Waals surface area contributed by atoms with Crippen molar-refractivity contribution in [2.24, 2.45) is 5.73 Å². The van der Waals surface area contributed by atoms with Crippen LogP contribution in [-0.2, 0) is 0 Å². The molecule has 2 amide bonds. The molecule has 0 aromatic carbocycles. The number of nitrogens with one attached hydrogen (secondary N) is 1. The third kappa shape index (κ3) is 3.75. The molecule has 1 rings (SSSR count). The number of carbonyl (C=O) groups excluding carboxylic acids is 1. The van der Waals surface area contributed by atoms with Crippen LogP contribution < -0.4 is 11.1 Å². The maximum Gasteiger partial charge on any atom is 0.314 e. The smallest absolute Gasteiger partial charge is 0.314 e. The fourth-order valence-corrected chi connectivity index (χ4v) is 1.99. The first kappa shape index (κ1) is 11.7. The Kier molecular flexibility index (Phi) is 5.11. The second-order valence-electron chi connectivity index (χ2n) is 3.55. The van der Waals surface area contributed by atoms with Gasteiger partial charge >= 0.3 is 6.03 Å². The van der Waals surface area contributed by atoms with Crippen LogP contribution in [0.4, 0.5) is 4.79 Å². The van der Waals surface area contributed by atoms with Crippen LogP contribution in [0, 0.1) is 0 Å². The summed E-state index contributed by atoms with van der Waals surface area (Å²) in [6.45, 7) is 2.65. The van der Waals surface area contributed by atoms with Crippen molar-refractivity contribution in [3.8, 4) is 0 Å². The first-order valence-corrected chi connectivity index (χ1v) is 6.40. The third-order valence-electron chi connectivity index (χ3n) is 2.55. The molecular formula is C9H19N3OS. The molecule has 3 N–H and O–H groups in total. The summed E-state index contributed by atoms with van der Waals surface area (Å²) in [6, 6.07) is 0.283. The van der Waals surface area contributed by atoms with Crippen molar-refractivity contribution in [2.45, 2.75) is 18.9 Å². The van der Waals surface area contributed by atoms with Crippen LogP contribution in [0.3, 0.4) is 0 Å². The maximum absolute atomic E-state index is 10.8. The van der Waals surface area contributed by atoms with E-state index < -0.39 is 0 Å². The van der Waals surface area contributed by atoms with Gasteiger partial charge in [0.1, 0.15) is 0 Å². The molecule has 14 heavy (non-hydrogen) atoms. The van der Waals surface area contributed by atoms with Crippen molar-refractivity contribution in [2.75, 3.05) is 31.6 Å². The molecule has 0 atom stereocenters. The number of nitrogens with zero attached hydrogens (tertiary/aromatic N) is 1. The van der Waals surface area contributed by atoms with E-state index in [2.05, 4.69) is 11.6 Å². The number of hydrogen-bond donors (Lipinski definition) is 2. The lowest BCUT2D eigenvalue weighted by Gasteiger charge is -2.31. The molecule has 0 unspecified atom stereocenters. The van der Waals surface area contributed by atoms with E-state index >= 15 is 0 Å². The largest absolute Gasteiger partial charge is 0.351 e. The topological polar surface area (TPSA) is 58.4 Å². The van der Waals surface area contributed by atoms with Gasteiger partial charge in [0.15, 0.2) is 0 Å². The van der Waals surface area contributed by atoms with Gasteiger partial charge in [0, 0.05) is 31.4 Å². The summed E-state index contributed by atoms with van der Waals surface area (Å²) in [5.74, 6) is 1.15. The lowest BCUT2D eigenvalue weighted by atomic mass is 10.1. The SMILES string of the molecule is CSCCNC1CCN(C(N)=O)CC1. The van der Waals surface area contributed by atoms with Gasteiger partial charge in [0.25, 0.3) is 0 Å². The highest BCUT2D eigenvalue weighted by Gasteiger charge is 2.20. The number of urea groups is 1. The van der Waals surface area contributed by atoms with Crippen molar-refractivity contribution in [3.63, 3.8) is 0 Å². The summed E-state index contributed by atoms with van der Waals surface area (Å²) in [4.78, 5) is 12.6. The molecule has 0 bridgehead atoms. The van der Waals surface area contributed by atoms with E-state index in [0.29, 0.717) is 6.04 Å². The highest BCUT2D eigenvalue weighted by Crippen LogP contribution is 2.09. The second-order valence-corrected chi connectivity index (χ2v) is 4.53. The van der Waals surface area contributed by atoms with Crippen LogP contribution in [0.5, 0.6) is 0 Å². The summed E-state index contributed by atoms with van der Waals surface area (Å²) in [6.07, 6.45) is 4.16. The number of rotatable bonds is 4. The molecule has 0 saturated carbocycles. The van der Waals surface area contributed by atoms with Gasteiger partial charge in [-0.05, 0) is 19.1 Å². The predicted octanol–water partition coefficient (Wildman–Crippen LogP) is 0.482. The number of hydrogen-bond acceptors (Lipinski definition) is 3. The van der Waals surface area contributed by atoms with E-state index in [4.69, 9.17) is 5.73 Å². The molecule has 1 fully saturated rings. The summed E-state index contributed by atoms with van der Waals surface area (Å²) < 4.78 is 0. The van der Waals surface area contributed by atoms with Crippen LogP contribution >= 0.6 is 11.8 Å². The fourth-order valence-electron chi connectivity index (χ4n) is 1.67. The van der Waals surface area contributed by atoms with Crippen molar-refractivity contribution in [3.05, 3.63) is 0 Å². The van der Waals surface area contributed by atoms with E-state index in [0.717, 1.165) is 38.2 Å². The molecule has 1 aliphatic rings. The number of piperidine rings is 1. The Hall–Kier alpha value is -0.420. The van der Waals surface area contributed by atoms with Crippen molar-refractivity contribution in [1.82, 2.24) is 10.2 Å². The van der Waals surface area contributed by atoms with E-state index in [9.17, 15) is 4.79 Å². The zero-order valence-corrected chi connectivity index (χ0v) is 9.48. The quantitative estimate of drug-likeness (QED) is 0.674. The van der Waals surface area contributed by atoms with Crippen LogP contribution in [0.25, 0.3) is 0 Å². The number of carbonyl (C=O) groups is 1. The zero-order valence-electron chi connectivity index (χ0n) is 8.66. The monoisotopic (exact) mass is 217 g/mol. The lowest BCUT2D eigenvalue weighted by molar-refractivity contribution is 0.186. The van der Waals surface area contributed by atoms with E-state index in [-0.39, 0.29) is 6.03 Å². The van der Waals surface area contributed by atoms with Gasteiger partial charge in [-0.3, -0.25) is 0 Å². The molecule has 0 radical (unpaired) electrons. The molecule has 0 spiro atoms. The summed E-state index contributed by atoms with van der Waals surface area (Å²) in [7, 11) is 0. The van der Waals surface area contributed by atoms with Crippen LogP contribution in [0.15, 0.2) is 0 Å². The molecule has 1 heterocycles. The lowest BCUT2D eigenvalue weighted by Crippen LogP contribution is -2.47. The average molecular weight is 217 g/mol. The number of thioether (sulfide) groups is 1. The highest BCUT2D eigenvalue weighted by molar-refractivity contribution is 7.98. The predicted molar refractivity (Wildman–Crippen MR) is 60.6 cm³/mol. The molecular weight excluding hydrogens is 198 g/mol. The minimum absolute atomic E-state index is 0.285. The molecule has 1 aliphatic heterocycles.